The van der Waals surface area contributed by atoms with E-state index in [2.05, 4.69) is 0 Å². The van der Waals surface area contributed by atoms with Crippen LogP contribution in [0.5, 0.6) is 5.75 Å². The van der Waals surface area contributed by atoms with Crippen molar-refractivity contribution in [3.63, 3.8) is 0 Å². The Labute approximate surface area is 158 Å². The summed E-state index contributed by atoms with van der Waals surface area (Å²) in [6, 6.07) is 16.1. The van der Waals surface area contributed by atoms with Gasteiger partial charge in [0.1, 0.15) is 5.75 Å². The molecule has 2 aromatic rings. The maximum absolute atomic E-state index is 12.4. The fourth-order valence-corrected chi connectivity index (χ4v) is 3.36. The van der Waals surface area contributed by atoms with Crippen LogP contribution in [0.4, 0.5) is 0 Å². The van der Waals surface area contributed by atoms with Crippen LogP contribution in [0.3, 0.4) is 0 Å². The van der Waals surface area contributed by atoms with Crippen LogP contribution in [0, 0.1) is 5.92 Å². The van der Waals surface area contributed by atoms with Gasteiger partial charge in [0.15, 0.2) is 6.61 Å². The number of aliphatic hydroxyl groups is 1. The van der Waals surface area contributed by atoms with Gasteiger partial charge >= 0.3 is 0 Å². The van der Waals surface area contributed by atoms with E-state index in [1.807, 2.05) is 30.3 Å². The number of aliphatic hydroxyl groups excluding tert-OH is 1. The molecular weight excluding hydrogens is 344 g/mol. The van der Waals surface area contributed by atoms with Crippen LogP contribution < -0.4 is 10.5 Å². The Hall–Kier alpha value is -2.86. The monoisotopic (exact) mass is 368 g/mol. The highest BCUT2D eigenvalue weighted by atomic mass is 16.5. The number of ether oxygens (including phenoxy) is 1. The molecule has 2 aromatic carbocycles. The van der Waals surface area contributed by atoms with Crippen molar-refractivity contribution < 1.29 is 19.4 Å². The molecule has 2 amide bonds. The summed E-state index contributed by atoms with van der Waals surface area (Å²) in [7, 11) is 0. The molecule has 1 aliphatic heterocycles. The minimum atomic E-state index is -0.536. The highest BCUT2D eigenvalue weighted by Crippen LogP contribution is 2.30. The third kappa shape index (κ3) is 4.86. The maximum Gasteiger partial charge on any atom is 0.260 e. The molecule has 0 aliphatic carbocycles. The van der Waals surface area contributed by atoms with E-state index in [9.17, 15) is 14.7 Å². The van der Waals surface area contributed by atoms with Crippen molar-refractivity contribution in [1.29, 1.82) is 0 Å². The second-order valence-electron chi connectivity index (χ2n) is 6.75. The smallest absolute Gasteiger partial charge is 0.260 e. The molecular formula is C21H24N2O4. The first-order valence-corrected chi connectivity index (χ1v) is 9.08. The number of nitrogens with zero attached hydrogens (tertiary/aromatic N) is 1. The van der Waals surface area contributed by atoms with Crippen molar-refractivity contribution in [3.8, 4) is 5.75 Å². The zero-order valence-corrected chi connectivity index (χ0v) is 15.1. The van der Waals surface area contributed by atoms with Gasteiger partial charge in [-0.3, -0.25) is 9.59 Å². The van der Waals surface area contributed by atoms with Gasteiger partial charge in [0.2, 0.25) is 5.91 Å². The van der Waals surface area contributed by atoms with E-state index in [0.717, 1.165) is 18.4 Å². The van der Waals surface area contributed by atoms with Gasteiger partial charge in [-0.2, -0.15) is 0 Å². The number of benzene rings is 2. The molecule has 1 heterocycles. The van der Waals surface area contributed by atoms with Gasteiger partial charge < -0.3 is 20.5 Å². The molecule has 142 valence electrons. The number of nitrogens with two attached hydrogens (primary N) is 1. The SMILES string of the molecule is NC(=O)c1cccc(OCC(=O)N2CCC(C(O)c3ccccc3)CC2)c1. The molecule has 1 saturated heterocycles. The predicted octanol–water partition coefficient (Wildman–Crippen LogP) is 2.14. The minimum absolute atomic E-state index is 0.0892. The molecule has 1 aliphatic rings. The lowest BCUT2D eigenvalue weighted by Gasteiger charge is -2.34. The van der Waals surface area contributed by atoms with E-state index in [1.54, 1.807) is 23.1 Å². The van der Waals surface area contributed by atoms with Gasteiger partial charge in [0.05, 0.1) is 6.10 Å². The zero-order valence-electron chi connectivity index (χ0n) is 15.1. The third-order valence-electron chi connectivity index (χ3n) is 4.96. The van der Waals surface area contributed by atoms with Crippen LogP contribution in [-0.2, 0) is 4.79 Å². The molecule has 3 N–H and O–H groups in total. The number of likely N-dealkylation sites (tertiary alicyclic amines) is 1. The number of piperidine rings is 1. The largest absolute Gasteiger partial charge is 0.484 e. The molecule has 6 nitrogen and oxygen atoms in total. The lowest BCUT2D eigenvalue weighted by molar-refractivity contribution is -0.135. The van der Waals surface area contributed by atoms with Gasteiger partial charge in [0, 0.05) is 18.7 Å². The average molecular weight is 368 g/mol. The highest BCUT2D eigenvalue weighted by molar-refractivity contribution is 5.93. The van der Waals surface area contributed by atoms with Crippen LogP contribution in [0.15, 0.2) is 54.6 Å². The Morgan fingerprint density at radius 2 is 1.81 bits per heavy atom. The molecule has 1 fully saturated rings. The quantitative estimate of drug-likeness (QED) is 0.817. The van der Waals surface area contributed by atoms with E-state index in [4.69, 9.17) is 10.5 Å². The number of hydrogen-bond acceptors (Lipinski definition) is 4. The Morgan fingerprint density at radius 1 is 1.11 bits per heavy atom. The molecule has 1 unspecified atom stereocenters. The number of carbonyl (C=O) groups excluding carboxylic acids is 2. The standard InChI is InChI=1S/C21H24N2O4/c22-21(26)17-7-4-8-18(13-17)27-14-19(24)23-11-9-16(10-12-23)20(25)15-5-2-1-3-6-15/h1-8,13,16,20,25H,9-12,14H2,(H2,22,26). The number of amides is 2. The topological polar surface area (TPSA) is 92.9 Å². The van der Waals surface area contributed by atoms with E-state index >= 15 is 0 Å². The number of primary amides is 1. The Bertz CT molecular complexity index is 786. The van der Waals surface area contributed by atoms with E-state index in [-0.39, 0.29) is 18.4 Å². The fraction of sp³-hybridized carbons (Fsp3) is 0.333. The molecule has 1 atom stereocenters. The summed E-state index contributed by atoms with van der Waals surface area (Å²) in [5, 5.41) is 10.5. The lowest BCUT2D eigenvalue weighted by atomic mass is 9.87. The van der Waals surface area contributed by atoms with Gasteiger partial charge in [-0.15, -0.1) is 0 Å². The van der Waals surface area contributed by atoms with Crippen molar-refractivity contribution in [1.82, 2.24) is 4.90 Å². The summed E-state index contributed by atoms with van der Waals surface area (Å²) in [6.45, 7) is 1.10. The van der Waals surface area contributed by atoms with Gasteiger partial charge in [-0.05, 0) is 42.5 Å². The van der Waals surface area contributed by atoms with Gasteiger partial charge in [0.25, 0.3) is 5.91 Å². The molecule has 0 aromatic heterocycles. The Kier molecular flexibility index (Phi) is 6.08. The summed E-state index contributed by atoms with van der Waals surface area (Å²) in [5.74, 6) is -0.0587. The first-order chi connectivity index (χ1) is 13.0. The van der Waals surface area contributed by atoms with Crippen LogP contribution >= 0.6 is 0 Å². The summed E-state index contributed by atoms with van der Waals surface area (Å²) in [4.78, 5) is 25.3. The number of rotatable bonds is 6. The van der Waals surface area contributed by atoms with Crippen molar-refractivity contribution in [2.75, 3.05) is 19.7 Å². The molecule has 0 radical (unpaired) electrons. The molecule has 0 spiro atoms. The average Bonchev–Trinajstić information content (AvgIpc) is 2.72. The highest BCUT2D eigenvalue weighted by Gasteiger charge is 2.28. The van der Waals surface area contributed by atoms with Crippen LogP contribution in [0.25, 0.3) is 0 Å². The van der Waals surface area contributed by atoms with Crippen molar-refractivity contribution in [2.45, 2.75) is 18.9 Å². The normalized spacial score (nSPS) is 16.0. The van der Waals surface area contributed by atoms with Gasteiger partial charge in [-0.25, -0.2) is 0 Å². The fourth-order valence-electron chi connectivity index (χ4n) is 3.36. The second-order valence-corrected chi connectivity index (χ2v) is 6.75. The van der Waals surface area contributed by atoms with Crippen molar-refractivity contribution in [3.05, 3.63) is 65.7 Å². The summed E-state index contributed by atoms with van der Waals surface area (Å²) >= 11 is 0. The third-order valence-corrected chi connectivity index (χ3v) is 4.96. The van der Waals surface area contributed by atoms with Crippen molar-refractivity contribution in [2.24, 2.45) is 11.7 Å². The maximum atomic E-state index is 12.4. The van der Waals surface area contributed by atoms with Crippen LogP contribution in [0.2, 0.25) is 0 Å². The minimum Gasteiger partial charge on any atom is -0.484 e. The van der Waals surface area contributed by atoms with Crippen molar-refractivity contribution >= 4 is 11.8 Å². The summed E-state index contributed by atoms with van der Waals surface area (Å²) in [5.41, 5.74) is 6.50. The second kappa shape index (κ2) is 8.68. The summed E-state index contributed by atoms with van der Waals surface area (Å²) in [6.07, 6.45) is 0.994. The van der Waals surface area contributed by atoms with Gasteiger partial charge in [-0.1, -0.05) is 36.4 Å². The lowest BCUT2D eigenvalue weighted by Crippen LogP contribution is -2.42. The van der Waals surface area contributed by atoms with E-state index in [0.29, 0.717) is 24.4 Å². The Morgan fingerprint density at radius 3 is 2.48 bits per heavy atom. The zero-order chi connectivity index (χ0) is 19.2. The summed E-state index contributed by atoms with van der Waals surface area (Å²) < 4.78 is 5.51. The molecule has 0 bridgehead atoms. The number of carbonyl (C=O) groups is 2. The van der Waals surface area contributed by atoms with Crippen LogP contribution in [0.1, 0.15) is 34.9 Å². The Balaban J connectivity index is 1.48. The number of hydrogen-bond donors (Lipinski definition) is 2. The van der Waals surface area contributed by atoms with E-state index < -0.39 is 12.0 Å². The first kappa shape index (κ1) is 18.9. The molecule has 6 heteroatoms. The molecule has 3 rings (SSSR count). The molecule has 0 saturated carbocycles. The van der Waals surface area contributed by atoms with Crippen LogP contribution in [-0.4, -0.2) is 41.5 Å². The predicted molar refractivity (Wildman–Crippen MR) is 101 cm³/mol. The van der Waals surface area contributed by atoms with E-state index in [1.165, 1.54) is 6.07 Å². The first-order valence-electron chi connectivity index (χ1n) is 9.08. The molecule has 27 heavy (non-hydrogen) atoms.